The summed E-state index contributed by atoms with van der Waals surface area (Å²) in [4.78, 5) is 12.1. The molecule has 0 spiro atoms. The normalized spacial score (nSPS) is 19.9. The smallest absolute Gasteiger partial charge is 0.251 e. The molecule has 3 rings (SSSR count). The zero-order valence-corrected chi connectivity index (χ0v) is 12.8. The zero-order chi connectivity index (χ0) is 15.6. The Bertz CT molecular complexity index is 752. The molecule has 1 aromatic carbocycles. The van der Waals surface area contributed by atoms with E-state index in [0.29, 0.717) is 18.5 Å². The van der Waals surface area contributed by atoms with Crippen LogP contribution >= 0.6 is 0 Å². The fourth-order valence-corrected chi connectivity index (χ4v) is 4.19. The van der Waals surface area contributed by atoms with Crippen molar-refractivity contribution in [2.24, 2.45) is 0 Å². The lowest BCUT2D eigenvalue weighted by molar-refractivity contribution is 0.0941. The van der Waals surface area contributed by atoms with Crippen LogP contribution in [-0.2, 0) is 16.4 Å². The first-order valence-corrected chi connectivity index (χ1v) is 8.92. The Kier molecular flexibility index (Phi) is 3.98. The van der Waals surface area contributed by atoms with E-state index in [0.717, 1.165) is 5.56 Å². The summed E-state index contributed by atoms with van der Waals surface area (Å²) in [5.41, 5.74) is 1.58. The van der Waals surface area contributed by atoms with Gasteiger partial charge in [-0.2, -0.15) is 5.10 Å². The second-order valence-electron chi connectivity index (χ2n) is 5.47. The number of carbonyl (C=O) groups excluding carboxylic acids is 1. The van der Waals surface area contributed by atoms with Gasteiger partial charge in [0.05, 0.1) is 18.1 Å². The molecule has 1 amide bonds. The van der Waals surface area contributed by atoms with Gasteiger partial charge in [0, 0.05) is 24.0 Å². The number of rotatable bonds is 4. The summed E-state index contributed by atoms with van der Waals surface area (Å²) in [7, 11) is -2.98. The number of nitrogens with zero attached hydrogens (tertiary/aromatic N) is 2. The number of sulfone groups is 1. The first-order chi connectivity index (χ1) is 10.5. The van der Waals surface area contributed by atoms with E-state index in [4.69, 9.17) is 0 Å². The zero-order valence-electron chi connectivity index (χ0n) is 12.0. The molecule has 116 valence electrons. The maximum Gasteiger partial charge on any atom is 0.251 e. The van der Waals surface area contributed by atoms with Crippen molar-refractivity contribution in [1.29, 1.82) is 0 Å². The highest BCUT2D eigenvalue weighted by molar-refractivity contribution is 7.91. The van der Waals surface area contributed by atoms with E-state index in [-0.39, 0.29) is 23.5 Å². The lowest BCUT2D eigenvalue weighted by atomic mass is 10.1. The highest BCUT2D eigenvalue weighted by atomic mass is 32.2. The van der Waals surface area contributed by atoms with Crippen molar-refractivity contribution in [2.75, 3.05) is 11.5 Å². The Labute approximate surface area is 129 Å². The van der Waals surface area contributed by atoms with Crippen LogP contribution in [0, 0.1) is 0 Å². The quantitative estimate of drug-likeness (QED) is 0.906. The van der Waals surface area contributed by atoms with Gasteiger partial charge in [0.1, 0.15) is 0 Å². The first kappa shape index (κ1) is 14.8. The van der Waals surface area contributed by atoms with Crippen LogP contribution in [0.3, 0.4) is 0 Å². The lowest BCUT2D eigenvalue weighted by Gasteiger charge is -2.11. The van der Waals surface area contributed by atoms with Gasteiger partial charge in [-0.3, -0.25) is 9.48 Å². The Balaban J connectivity index is 1.61. The van der Waals surface area contributed by atoms with E-state index in [9.17, 15) is 13.2 Å². The number of aromatic nitrogens is 2. The van der Waals surface area contributed by atoms with Crippen LogP contribution in [0.4, 0.5) is 0 Å². The van der Waals surface area contributed by atoms with Crippen LogP contribution in [-0.4, -0.2) is 41.7 Å². The van der Waals surface area contributed by atoms with Crippen molar-refractivity contribution in [3.8, 4) is 0 Å². The van der Waals surface area contributed by atoms with Gasteiger partial charge >= 0.3 is 0 Å². The highest BCUT2D eigenvalue weighted by Crippen LogP contribution is 2.13. The van der Waals surface area contributed by atoms with Crippen LogP contribution in [0.2, 0.25) is 0 Å². The third kappa shape index (κ3) is 3.54. The third-order valence-electron chi connectivity index (χ3n) is 3.69. The Morgan fingerprint density at radius 2 is 2.09 bits per heavy atom. The SMILES string of the molecule is O=C(NC1CCS(=O)(=O)C1)c1ccc(Cn2cccn2)cc1. The molecule has 7 heteroatoms. The molecule has 2 aromatic rings. The summed E-state index contributed by atoms with van der Waals surface area (Å²) >= 11 is 0. The molecular formula is C15H17N3O3S. The molecular weight excluding hydrogens is 302 g/mol. The molecule has 0 saturated carbocycles. The van der Waals surface area contributed by atoms with Crippen molar-refractivity contribution in [3.05, 3.63) is 53.9 Å². The van der Waals surface area contributed by atoms with Crippen LogP contribution in [0.5, 0.6) is 0 Å². The number of amides is 1. The molecule has 0 aliphatic carbocycles. The van der Waals surface area contributed by atoms with Gasteiger partial charge in [0.2, 0.25) is 0 Å². The average molecular weight is 319 g/mol. The second-order valence-corrected chi connectivity index (χ2v) is 7.70. The predicted molar refractivity (Wildman–Crippen MR) is 82.3 cm³/mol. The van der Waals surface area contributed by atoms with E-state index >= 15 is 0 Å². The Morgan fingerprint density at radius 3 is 2.68 bits per heavy atom. The first-order valence-electron chi connectivity index (χ1n) is 7.09. The van der Waals surface area contributed by atoms with Crippen molar-refractivity contribution in [3.63, 3.8) is 0 Å². The fourth-order valence-electron chi connectivity index (χ4n) is 2.52. The minimum atomic E-state index is -2.98. The van der Waals surface area contributed by atoms with Crippen molar-refractivity contribution in [2.45, 2.75) is 19.0 Å². The number of nitrogens with one attached hydrogen (secondary N) is 1. The number of carbonyl (C=O) groups is 1. The Hall–Kier alpha value is -2.15. The molecule has 0 bridgehead atoms. The van der Waals surface area contributed by atoms with Crippen LogP contribution in [0.1, 0.15) is 22.3 Å². The molecule has 1 N–H and O–H groups in total. The molecule has 2 heterocycles. The number of hydrogen-bond donors (Lipinski definition) is 1. The molecule has 1 saturated heterocycles. The lowest BCUT2D eigenvalue weighted by Crippen LogP contribution is -2.35. The van der Waals surface area contributed by atoms with Crippen molar-refractivity contribution >= 4 is 15.7 Å². The summed E-state index contributed by atoms with van der Waals surface area (Å²) in [5, 5.41) is 6.91. The summed E-state index contributed by atoms with van der Waals surface area (Å²) in [5.74, 6) is -0.0376. The molecule has 1 aliphatic rings. The molecule has 1 aliphatic heterocycles. The fraction of sp³-hybridized carbons (Fsp3) is 0.333. The number of benzene rings is 1. The maximum absolute atomic E-state index is 12.1. The molecule has 6 nitrogen and oxygen atoms in total. The Morgan fingerprint density at radius 1 is 1.32 bits per heavy atom. The van der Waals surface area contributed by atoms with Crippen molar-refractivity contribution in [1.82, 2.24) is 15.1 Å². The van der Waals surface area contributed by atoms with Gasteiger partial charge in [0.15, 0.2) is 9.84 Å². The van der Waals surface area contributed by atoms with E-state index in [1.54, 1.807) is 23.0 Å². The summed E-state index contributed by atoms with van der Waals surface area (Å²) in [6.07, 6.45) is 4.09. The van der Waals surface area contributed by atoms with E-state index in [1.165, 1.54) is 0 Å². The topological polar surface area (TPSA) is 81.1 Å². The maximum atomic E-state index is 12.1. The van der Waals surface area contributed by atoms with Gasteiger partial charge in [-0.15, -0.1) is 0 Å². The third-order valence-corrected chi connectivity index (χ3v) is 5.46. The van der Waals surface area contributed by atoms with Gasteiger partial charge in [-0.1, -0.05) is 12.1 Å². The highest BCUT2D eigenvalue weighted by Gasteiger charge is 2.29. The summed E-state index contributed by atoms with van der Waals surface area (Å²) in [6, 6.07) is 8.83. The minimum absolute atomic E-state index is 0.0378. The molecule has 1 atom stereocenters. The minimum Gasteiger partial charge on any atom is -0.348 e. The van der Waals surface area contributed by atoms with E-state index in [2.05, 4.69) is 10.4 Å². The van der Waals surface area contributed by atoms with Gasteiger partial charge in [-0.25, -0.2) is 8.42 Å². The van der Waals surface area contributed by atoms with Gasteiger partial charge < -0.3 is 5.32 Å². The predicted octanol–water partition coefficient (Wildman–Crippen LogP) is 0.848. The molecule has 1 unspecified atom stereocenters. The largest absolute Gasteiger partial charge is 0.348 e. The summed E-state index contributed by atoms with van der Waals surface area (Å²) < 4.78 is 24.6. The standard InChI is InChI=1S/C15H17N3O3S/c19-15(17-14-6-9-22(20,21)11-14)13-4-2-12(3-5-13)10-18-8-1-7-16-18/h1-5,7-8,14H,6,9-11H2,(H,17,19). The molecule has 1 aromatic heterocycles. The average Bonchev–Trinajstić information content (AvgIpc) is 3.09. The summed E-state index contributed by atoms with van der Waals surface area (Å²) in [6.45, 7) is 0.649. The van der Waals surface area contributed by atoms with E-state index < -0.39 is 9.84 Å². The molecule has 0 radical (unpaired) electrons. The van der Waals surface area contributed by atoms with Crippen LogP contribution in [0.25, 0.3) is 0 Å². The van der Waals surface area contributed by atoms with E-state index in [1.807, 2.05) is 24.4 Å². The molecule has 1 fully saturated rings. The van der Waals surface area contributed by atoms with Gasteiger partial charge in [0.25, 0.3) is 5.91 Å². The van der Waals surface area contributed by atoms with Crippen LogP contribution in [0.15, 0.2) is 42.7 Å². The van der Waals surface area contributed by atoms with Gasteiger partial charge in [-0.05, 0) is 30.2 Å². The second kappa shape index (κ2) is 5.92. The van der Waals surface area contributed by atoms with Crippen LogP contribution < -0.4 is 5.32 Å². The van der Waals surface area contributed by atoms with Crippen molar-refractivity contribution < 1.29 is 13.2 Å². The number of hydrogen-bond acceptors (Lipinski definition) is 4. The monoisotopic (exact) mass is 319 g/mol. The molecule has 22 heavy (non-hydrogen) atoms.